The van der Waals surface area contributed by atoms with Crippen LogP contribution in [0.5, 0.6) is 0 Å². The molecule has 1 fully saturated rings. The van der Waals surface area contributed by atoms with Gasteiger partial charge in [-0.1, -0.05) is 31.0 Å². The molecule has 0 spiro atoms. The molecule has 2 amide bonds. The maximum atomic E-state index is 12.1. The van der Waals surface area contributed by atoms with Crippen molar-refractivity contribution in [3.05, 3.63) is 42.3 Å². The van der Waals surface area contributed by atoms with E-state index in [1.165, 1.54) is 0 Å². The van der Waals surface area contributed by atoms with Crippen LogP contribution in [0.15, 0.2) is 41.0 Å². The van der Waals surface area contributed by atoms with Crippen LogP contribution in [0, 0.1) is 0 Å². The van der Waals surface area contributed by atoms with Gasteiger partial charge in [0.15, 0.2) is 0 Å². The van der Waals surface area contributed by atoms with Crippen LogP contribution in [0.4, 0.5) is 0 Å². The molecule has 0 atom stereocenters. The van der Waals surface area contributed by atoms with Crippen molar-refractivity contribution in [3.8, 4) is 11.5 Å². The highest BCUT2D eigenvalue weighted by molar-refractivity contribution is 5.84. The number of hydrogen-bond acceptors (Lipinski definition) is 4. The second kappa shape index (κ2) is 9.17. The Labute approximate surface area is 153 Å². The van der Waals surface area contributed by atoms with Gasteiger partial charge < -0.3 is 14.6 Å². The van der Waals surface area contributed by atoms with Gasteiger partial charge in [0.1, 0.15) is 6.26 Å². The van der Waals surface area contributed by atoms with Crippen LogP contribution in [0.25, 0.3) is 11.5 Å². The van der Waals surface area contributed by atoms with Crippen LogP contribution < -0.4 is 5.32 Å². The Kier molecular flexibility index (Phi) is 6.41. The Morgan fingerprint density at radius 2 is 1.96 bits per heavy atom. The molecule has 0 aliphatic carbocycles. The molecule has 3 rings (SSSR count). The minimum Gasteiger partial charge on any atom is -0.444 e. The quantitative estimate of drug-likeness (QED) is 0.864. The number of nitrogens with one attached hydrogen (secondary N) is 1. The Balaban J connectivity index is 1.43. The molecular formula is C20H25N3O3. The molecular weight excluding hydrogens is 330 g/mol. The predicted octanol–water partition coefficient (Wildman–Crippen LogP) is 2.79. The summed E-state index contributed by atoms with van der Waals surface area (Å²) in [5.41, 5.74) is 1.73. The maximum Gasteiger partial charge on any atom is 0.239 e. The van der Waals surface area contributed by atoms with Crippen molar-refractivity contribution in [2.24, 2.45) is 0 Å². The summed E-state index contributed by atoms with van der Waals surface area (Å²) < 4.78 is 5.49. The lowest BCUT2D eigenvalue weighted by Gasteiger charge is -2.24. The first-order valence-electron chi connectivity index (χ1n) is 9.26. The first kappa shape index (κ1) is 18.2. The van der Waals surface area contributed by atoms with Gasteiger partial charge in [0.25, 0.3) is 0 Å². The van der Waals surface area contributed by atoms with Crippen molar-refractivity contribution in [2.45, 2.75) is 38.5 Å². The summed E-state index contributed by atoms with van der Waals surface area (Å²) >= 11 is 0. The van der Waals surface area contributed by atoms with Crippen LogP contribution in [0.2, 0.25) is 0 Å². The highest BCUT2D eigenvalue weighted by Gasteiger charge is 2.18. The van der Waals surface area contributed by atoms with Gasteiger partial charge in [-0.25, -0.2) is 4.98 Å². The molecule has 6 heteroatoms. The smallest absolute Gasteiger partial charge is 0.239 e. The Morgan fingerprint density at radius 3 is 2.81 bits per heavy atom. The normalized spacial score (nSPS) is 15.4. The number of amides is 2. The molecule has 1 aromatic heterocycles. The van der Waals surface area contributed by atoms with Crippen LogP contribution >= 0.6 is 0 Å². The standard InChI is InChI=1S/C20H25N3O3/c24-18(14-23-13-7-2-1-6-10-19(23)25)21-12-11-17-15-26-20(22-17)16-8-4-3-5-9-16/h3-5,8-9,15H,1-2,6-7,10-14H2,(H,21,24). The Hall–Kier alpha value is -2.63. The van der Waals surface area contributed by atoms with E-state index in [0.717, 1.165) is 36.9 Å². The summed E-state index contributed by atoms with van der Waals surface area (Å²) in [7, 11) is 0. The minimum atomic E-state index is -0.120. The zero-order valence-electron chi connectivity index (χ0n) is 14.9. The fraction of sp³-hybridized carbons (Fsp3) is 0.450. The van der Waals surface area contributed by atoms with Crippen molar-refractivity contribution in [1.82, 2.24) is 15.2 Å². The number of carbonyl (C=O) groups excluding carboxylic acids is 2. The second-order valence-electron chi connectivity index (χ2n) is 6.59. The highest BCUT2D eigenvalue weighted by atomic mass is 16.3. The molecule has 0 unspecified atom stereocenters. The third-order valence-corrected chi connectivity index (χ3v) is 4.53. The summed E-state index contributed by atoms with van der Waals surface area (Å²) in [4.78, 5) is 30.3. The molecule has 26 heavy (non-hydrogen) atoms. The molecule has 6 nitrogen and oxygen atoms in total. The molecule has 0 bridgehead atoms. The van der Waals surface area contributed by atoms with E-state index in [9.17, 15) is 9.59 Å². The number of likely N-dealkylation sites (tertiary alicyclic amines) is 1. The summed E-state index contributed by atoms with van der Waals surface area (Å²) in [5, 5.41) is 2.87. The first-order chi connectivity index (χ1) is 12.7. The summed E-state index contributed by atoms with van der Waals surface area (Å²) in [5.74, 6) is 0.549. The van der Waals surface area contributed by atoms with Gasteiger partial charge in [0, 0.05) is 31.5 Å². The van der Waals surface area contributed by atoms with Gasteiger partial charge >= 0.3 is 0 Å². The van der Waals surface area contributed by atoms with E-state index in [1.807, 2.05) is 30.3 Å². The lowest BCUT2D eigenvalue weighted by atomic mass is 10.1. The van der Waals surface area contributed by atoms with Gasteiger partial charge in [0.2, 0.25) is 17.7 Å². The average molecular weight is 355 g/mol. The van der Waals surface area contributed by atoms with E-state index >= 15 is 0 Å². The molecule has 2 heterocycles. The SMILES string of the molecule is O=C(CN1CCCCCCC1=O)NCCc1coc(-c2ccccc2)n1. The van der Waals surface area contributed by atoms with Crippen molar-refractivity contribution < 1.29 is 14.0 Å². The van der Waals surface area contributed by atoms with Crippen LogP contribution in [0.1, 0.15) is 37.8 Å². The van der Waals surface area contributed by atoms with Crippen molar-refractivity contribution in [1.29, 1.82) is 0 Å². The highest BCUT2D eigenvalue weighted by Crippen LogP contribution is 2.18. The summed E-state index contributed by atoms with van der Waals surface area (Å²) in [6.45, 7) is 1.30. The molecule has 0 radical (unpaired) electrons. The van der Waals surface area contributed by atoms with Gasteiger partial charge in [0.05, 0.1) is 12.2 Å². The summed E-state index contributed by atoms with van der Waals surface area (Å²) in [6, 6.07) is 9.70. The third kappa shape index (κ3) is 5.18. The Bertz CT molecular complexity index is 727. The van der Waals surface area contributed by atoms with E-state index in [1.54, 1.807) is 11.2 Å². The molecule has 138 valence electrons. The number of carbonyl (C=O) groups is 2. The topological polar surface area (TPSA) is 75.4 Å². The number of hydrogen-bond donors (Lipinski definition) is 1. The van der Waals surface area contributed by atoms with Crippen molar-refractivity contribution in [3.63, 3.8) is 0 Å². The van der Waals surface area contributed by atoms with Gasteiger partial charge in [-0.2, -0.15) is 0 Å². The van der Waals surface area contributed by atoms with E-state index in [4.69, 9.17) is 4.42 Å². The Morgan fingerprint density at radius 1 is 1.15 bits per heavy atom. The first-order valence-corrected chi connectivity index (χ1v) is 9.26. The molecule has 1 aliphatic heterocycles. The molecule has 0 saturated carbocycles. The van der Waals surface area contributed by atoms with Crippen LogP contribution in [0.3, 0.4) is 0 Å². The fourth-order valence-electron chi connectivity index (χ4n) is 3.08. The minimum absolute atomic E-state index is 0.0869. The average Bonchev–Trinajstić information content (AvgIpc) is 3.11. The molecule has 1 aromatic carbocycles. The number of aromatic nitrogens is 1. The zero-order chi connectivity index (χ0) is 18.2. The number of benzene rings is 1. The summed E-state index contributed by atoms with van der Waals surface area (Å²) in [6.07, 6.45) is 6.89. The maximum absolute atomic E-state index is 12.1. The van der Waals surface area contributed by atoms with Crippen molar-refractivity contribution >= 4 is 11.8 Å². The molecule has 1 aliphatic rings. The van der Waals surface area contributed by atoms with E-state index in [0.29, 0.717) is 31.8 Å². The van der Waals surface area contributed by atoms with Crippen molar-refractivity contribution in [2.75, 3.05) is 19.6 Å². The van der Waals surface area contributed by atoms with E-state index in [-0.39, 0.29) is 18.4 Å². The predicted molar refractivity (Wildman–Crippen MR) is 98.3 cm³/mol. The monoisotopic (exact) mass is 355 g/mol. The van der Waals surface area contributed by atoms with Crippen LogP contribution in [-0.2, 0) is 16.0 Å². The fourth-order valence-corrected chi connectivity index (χ4v) is 3.08. The number of nitrogens with zero attached hydrogens (tertiary/aromatic N) is 2. The van der Waals surface area contributed by atoms with E-state index < -0.39 is 0 Å². The second-order valence-corrected chi connectivity index (χ2v) is 6.59. The molecule has 1 N–H and O–H groups in total. The third-order valence-electron chi connectivity index (χ3n) is 4.53. The van der Waals surface area contributed by atoms with E-state index in [2.05, 4.69) is 10.3 Å². The number of rotatable bonds is 6. The number of oxazole rings is 1. The molecule has 2 aromatic rings. The molecule has 1 saturated heterocycles. The largest absolute Gasteiger partial charge is 0.444 e. The zero-order valence-corrected chi connectivity index (χ0v) is 14.9. The lowest BCUT2D eigenvalue weighted by molar-refractivity contribution is -0.136. The van der Waals surface area contributed by atoms with Gasteiger partial charge in [-0.3, -0.25) is 9.59 Å². The van der Waals surface area contributed by atoms with Gasteiger partial charge in [-0.15, -0.1) is 0 Å². The van der Waals surface area contributed by atoms with Crippen LogP contribution in [-0.4, -0.2) is 41.3 Å². The lowest BCUT2D eigenvalue weighted by Crippen LogP contribution is -2.42. The van der Waals surface area contributed by atoms with Gasteiger partial charge in [-0.05, 0) is 25.0 Å².